The summed E-state index contributed by atoms with van der Waals surface area (Å²) in [5.41, 5.74) is 2.17. The lowest BCUT2D eigenvalue weighted by Gasteiger charge is -2.38. The third-order valence-corrected chi connectivity index (χ3v) is 6.73. The number of likely N-dealkylation sites (tertiary alicyclic amines) is 1. The average Bonchev–Trinajstić information content (AvgIpc) is 2.77. The van der Waals surface area contributed by atoms with E-state index in [1.807, 2.05) is 39.0 Å². The van der Waals surface area contributed by atoms with Crippen LogP contribution in [-0.4, -0.2) is 55.6 Å². The van der Waals surface area contributed by atoms with Gasteiger partial charge in [-0.25, -0.2) is 18.2 Å². The van der Waals surface area contributed by atoms with Gasteiger partial charge in [-0.15, -0.1) is 0 Å². The molecule has 2 aliphatic heterocycles. The zero-order chi connectivity index (χ0) is 23.8. The van der Waals surface area contributed by atoms with Gasteiger partial charge in [0.2, 0.25) is 6.29 Å². The van der Waals surface area contributed by atoms with Crippen LogP contribution in [0.4, 0.5) is 4.79 Å². The third kappa shape index (κ3) is 5.65. The molecule has 0 spiro atoms. The summed E-state index contributed by atoms with van der Waals surface area (Å²) in [6, 6.07) is 9.09. The van der Waals surface area contributed by atoms with Crippen molar-refractivity contribution in [2.75, 3.05) is 19.3 Å². The fourth-order valence-corrected chi connectivity index (χ4v) is 4.56. The lowest BCUT2D eigenvalue weighted by molar-refractivity contribution is -0.149. The van der Waals surface area contributed by atoms with E-state index < -0.39 is 15.4 Å². The first-order valence-corrected chi connectivity index (χ1v) is 12.9. The Morgan fingerprint density at radius 2 is 1.82 bits per heavy atom. The highest BCUT2D eigenvalue weighted by molar-refractivity contribution is 7.90. The number of fused-ring (bicyclic) bond motifs is 1. The zero-order valence-corrected chi connectivity index (χ0v) is 20.2. The fraction of sp³-hybridized carbons (Fsp3) is 0.500. The molecule has 1 unspecified atom stereocenters. The first-order chi connectivity index (χ1) is 15.5. The normalized spacial score (nSPS) is 19.5. The Balaban J connectivity index is 1.38. The molecule has 1 fully saturated rings. The van der Waals surface area contributed by atoms with Gasteiger partial charge in [-0.05, 0) is 63.4 Å². The van der Waals surface area contributed by atoms with Crippen molar-refractivity contribution < 1.29 is 27.4 Å². The van der Waals surface area contributed by atoms with Crippen LogP contribution in [0.15, 0.2) is 41.6 Å². The second-order valence-electron chi connectivity index (χ2n) is 9.58. The van der Waals surface area contributed by atoms with Gasteiger partial charge in [0.1, 0.15) is 11.4 Å². The molecule has 33 heavy (non-hydrogen) atoms. The van der Waals surface area contributed by atoms with Gasteiger partial charge in [-0.3, -0.25) is 0 Å². The van der Waals surface area contributed by atoms with Gasteiger partial charge in [-0.1, -0.05) is 6.07 Å². The van der Waals surface area contributed by atoms with E-state index in [1.165, 1.54) is 6.07 Å². The molecule has 2 aliphatic rings. The molecule has 9 heteroatoms. The number of ether oxygens (including phenoxy) is 3. The fourth-order valence-electron chi connectivity index (χ4n) is 4.00. The maximum atomic E-state index is 12.3. The summed E-state index contributed by atoms with van der Waals surface area (Å²) in [5.74, 6) is 0.981. The van der Waals surface area contributed by atoms with E-state index in [0.29, 0.717) is 19.7 Å². The molecule has 0 aliphatic carbocycles. The SMILES string of the molecule is CC(C)(C)OC(=O)N1CCC(C2OCc3cc(-c4ccc(S(C)(=O)=O)nc4)ccc3O2)CC1. The van der Waals surface area contributed by atoms with Crippen LogP contribution in [-0.2, 0) is 25.9 Å². The van der Waals surface area contributed by atoms with E-state index in [2.05, 4.69) is 4.98 Å². The van der Waals surface area contributed by atoms with Crippen molar-refractivity contribution in [2.24, 2.45) is 5.92 Å². The highest BCUT2D eigenvalue weighted by atomic mass is 32.2. The Morgan fingerprint density at radius 1 is 1.12 bits per heavy atom. The van der Waals surface area contributed by atoms with Crippen LogP contribution in [0.5, 0.6) is 5.75 Å². The highest BCUT2D eigenvalue weighted by Gasteiger charge is 2.34. The molecule has 0 saturated carbocycles. The minimum absolute atomic E-state index is 0.0523. The van der Waals surface area contributed by atoms with Crippen molar-refractivity contribution in [3.8, 4) is 16.9 Å². The number of nitrogens with zero attached hydrogens (tertiary/aromatic N) is 2. The zero-order valence-electron chi connectivity index (χ0n) is 19.4. The number of pyridine rings is 1. The number of rotatable bonds is 3. The summed E-state index contributed by atoms with van der Waals surface area (Å²) in [6.07, 6.45) is 3.65. The van der Waals surface area contributed by atoms with Crippen molar-refractivity contribution in [3.05, 3.63) is 42.1 Å². The lowest BCUT2D eigenvalue weighted by Crippen LogP contribution is -2.45. The van der Waals surface area contributed by atoms with E-state index in [4.69, 9.17) is 14.2 Å². The maximum Gasteiger partial charge on any atom is 0.410 e. The number of amides is 1. The van der Waals surface area contributed by atoms with Crippen molar-refractivity contribution in [1.29, 1.82) is 0 Å². The molecule has 1 saturated heterocycles. The monoisotopic (exact) mass is 474 g/mol. The van der Waals surface area contributed by atoms with E-state index in [9.17, 15) is 13.2 Å². The topological polar surface area (TPSA) is 95.0 Å². The smallest absolute Gasteiger partial charge is 0.410 e. The standard InChI is InChI=1S/C24H30N2O6S/c1-24(2,3)32-23(27)26-11-9-16(10-12-26)22-30-15-19-13-17(5-7-20(19)31-22)18-6-8-21(25-14-18)33(4,28)29/h5-8,13-14,16,22H,9-12,15H2,1-4H3. The van der Waals surface area contributed by atoms with E-state index in [1.54, 1.807) is 17.2 Å². The van der Waals surface area contributed by atoms with Crippen LogP contribution >= 0.6 is 0 Å². The predicted molar refractivity (Wildman–Crippen MR) is 123 cm³/mol. The molecular formula is C24H30N2O6S. The number of aromatic nitrogens is 1. The van der Waals surface area contributed by atoms with Crippen molar-refractivity contribution >= 4 is 15.9 Å². The summed E-state index contributed by atoms with van der Waals surface area (Å²) in [7, 11) is -3.33. The van der Waals surface area contributed by atoms with Crippen molar-refractivity contribution in [2.45, 2.75) is 57.1 Å². The number of carbonyl (C=O) groups excluding carboxylic acids is 1. The highest BCUT2D eigenvalue weighted by Crippen LogP contribution is 2.35. The van der Waals surface area contributed by atoms with Crippen LogP contribution < -0.4 is 4.74 Å². The van der Waals surface area contributed by atoms with Crippen LogP contribution in [0.1, 0.15) is 39.2 Å². The number of piperidine rings is 1. The lowest BCUT2D eigenvalue weighted by atomic mass is 9.95. The van der Waals surface area contributed by atoms with Crippen molar-refractivity contribution in [3.63, 3.8) is 0 Å². The van der Waals surface area contributed by atoms with Crippen LogP contribution in [0.3, 0.4) is 0 Å². The molecule has 1 amide bonds. The maximum absolute atomic E-state index is 12.3. The van der Waals surface area contributed by atoms with Gasteiger partial charge in [-0.2, -0.15) is 0 Å². The van der Waals surface area contributed by atoms with Gasteiger partial charge in [0.25, 0.3) is 0 Å². The molecule has 1 aromatic heterocycles. The second kappa shape index (κ2) is 8.95. The third-order valence-electron chi connectivity index (χ3n) is 5.73. The molecule has 0 radical (unpaired) electrons. The van der Waals surface area contributed by atoms with E-state index >= 15 is 0 Å². The minimum atomic E-state index is -3.33. The first kappa shape index (κ1) is 23.5. The Bertz CT molecular complexity index is 1120. The van der Waals surface area contributed by atoms with Gasteiger partial charge in [0.15, 0.2) is 14.9 Å². The van der Waals surface area contributed by atoms with Crippen LogP contribution in [0, 0.1) is 5.92 Å². The van der Waals surface area contributed by atoms with Gasteiger partial charge in [0.05, 0.1) is 6.61 Å². The van der Waals surface area contributed by atoms with Gasteiger partial charge >= 0.3 is 6.09 Å². The quantitative estimate of drug-likeness (QED) is 0.663. The molecule has 2 aromatic rings. The Kier molecular flexibility index (Phi) is 6.37. The molecule has 8 nitrogen and oxygen atoms in total. The molecule has 178 valence electrons. The minimum Gasteiger partial charge on any atom is -0.464 e. The van der Waals surface area contributed by atoms with Gasteiger partial charge in [0, 0.05) is 42.6 Å². The number of hydrogen-bond acceptors (Lipinski definition) is 7. The molecular weight excluding hydrogens is 444 g/mol. The van der Waals surface area contributed by atoms with E-state index in [-0.39, 0.29) is 23.3 Å². The van der Waals surface area contributed by atoms with Crippen LogP contribution in [0.25, 0.3) is 11.1 Å². The summed E-state index contributed by atoms with van der Waals surface area (Å²) in [5, 5.41) is 0.0523. The summed E-state index contributed by atoms with van der Waals surface area (Å²) < 4.78 is 40.9. The summed E-state index contributed by atoms with van der Waals surface area (Å²) in [4.78, 5) is 18.1. The Morgan fingerprint density at radius 3 is 2.42 bits per heavy atom. The Labute approximate surface area is 194 Å². The molecule has 4 rings (SSSR count). The van der Waals surface area contributed by atoms with Crippen LogP contribution in [0.2, 0.25) is 0 Å². The number of sulfone groups is 1. The van der Waals surface area contributed by atoms with Crippen molar-refractivity contribution in [1.82, 2.24) is 9.88 Å². The molecule has 0 bridgehead atoms. The molecule has 3 heterocycles. The summed E-state index contributed by atoms with van der Waals surface area (Å²) >= 11 is 0. The average molecular weight is 475 g/mol. The molecule has 1 aromatic carbocycles. The van der Waals surface area contributed by atoms with E-state index in [0.717, 1.165) is 41.5 Å². The summed E-state index contributed by atoms with van der Waals surface area (Å²) in [6.45, 7) is 7.26. The predicted octanol–water partition coefficient (Wildman–Crippen LogP) is 4.03. The number of hydrogen-bond donors (Lipinski definition) is 0. The van der Waals surface area contributed by atoms with Gasteiger partial charge < -0.3 is 19.1 Å². The largest absolute Gasteiger partial charge is 0.464 e. The Hall–Kier alpha value is -2.65. The molecule has 1 atom stereocenters. The number of carbonyl (C=O) groups is 1. The number of benzene rings is 1. The first-order valence-electron chi connectivity index (χ1n) is 11.1. The second-order valence-corrected chi connectivity index (χ2v) is 11.5. The molecule has 0 N–H and O–H groups in total.